The van der Waals surface area contributed by atoms with Crippen molar-refractivity contribution >= 4 is 0 Å². The Morgan fingerprint density at radius 2 is 2.12 bits per heavy atom. The van der Waals surface area contributed by atoms with E-state index < -0.39 is 0 Å². The predicted octanol–water partition coefficient (Wildman–Crippen LogP) is 4.17. The molecule has 0 spiro atoms. The zero-order valence-electron chi connectivity index (χ0n) is 10.8. The summed E-state index contributed by atoms with van der Waals surface area (Å²) in [6.07, 6.45) is 4.49. The van der Waals surface area contributed by atoms with Crippen LogP contribution < -0.4 is 5.73 Å². The van der Waals surface area contributed by atoms with Gasteiger partial charge in [-0.2, -0.15) is 0 Å². The molecule has 1 atom stereocenters. The van der Waals surface area contributed by atoms with E-state index in [9.17, 15) is 4.39 Å². The van der Waals surface area contributed by atoms with E-state index in [-0.39, 0.29) is 17.4 Å². The molecule has 0 aromatic carbocycles. The molecule has 1 nitrogen and oxygen atoms in total. The van der Waals surface area contributed by atoms with Crippen molar-refractivity contribution in [2.24, 2.45) is 11.7 Å². The fourth-order valence-electron chi connectivity index (χ4n) is 1.91. The van der Waals surface area contributed by atoms with Gasteiger partial charge in [0.25, 0.3) is 0 Å². The van der Waals surface area contributed by atoms with Crippen LogP contribution >= 0.6 is 0 Å². The molecule has 0 saturated heterocycles. The van der Waals surface area contributed by atoms with E-state index in [0.717, 1.165) is 28.7 Å². The molecule has 0 radical (unpaired) electrons. The third-order valence-corrected chi connectivity index (χ3v) is 3.00. The summed E-state index contributed by atoms with van der Waals surface area (Å²) in [4.78, 5) is 0. The fraction of sp³-hybridized carbons (Fsp3) is 0.333. The summed E-state index contributed by atoms with van der Waals surface area (Å²) >= 11 is 0. The number of rotatable bonds is 2. The first-order valence-corrected chi connectivity index (χ1v) is 5.73. The Morgan fingerprint density at radius 1 is 1.53 bits per heavy atom. The van der Waals surface area contributed by atoms with Crippen molar-refractivity contribution in [2.45, 2.75) is 27.2 Å². The van der Waals surface area contributed by atoms with Crippen molar-refractivity contribution in [1.82, 2.24) is 0 Å². The molecule has 0 fully saturated rings. The highest BCUT2D eigenvalue weighted by Crippen LogP contribution is 2.36. The van der Waals surface area contributed by atoms with Crippen LogP contribution in [0.15, 0.2) is 59.1 Å². The number of hydrogen-bond acceptors (Lipinski definition) is 1. The minimum atomic E-state index is -0.379. The van der Waals surface area contributed by atoms with Gasteiger partial charge in [-0.1, -0.05) is 31.7 Å². The zero-order valence-corrected chi connectivity index (χ0v) is 10.8. The second-order valence-electron chi connectivity index (χ2n) is 4.64. The molecule has 92 valence electrons. The third kappa shape index (κ3) is 2.96. The summed E-state index contributed by atoms with van der Waals surface area (Å²) in [7, 11) is 0. The van der Waals surface area contributed by atoms with E-state index in [2.05, 4.69) is 26.2 Å². The molecule has 1 unspecified atom stereocenters. The summed E-state index contributed by atoms with van der Waals surface area (Å²) in [6, 6.07) is 0. The molecule has 1 aliphatic carbocycles. The van der Waals surface area contributed by atoms with E-state index in [4.69, 9.17) is 5.73 Å². The second-order valence-corrected chi connectivity index (χ2v) is 4.64. The summed E-state index contributed by atoms with van der Waals surface area (Å²) in [5, 5.41) is 0. The molecule has 0 heterocycles. The van der Waals surface area contributed by atoms with Gasteiger partial charge in [-0.05, 0) is 49.0 Å². The average molecular weight is 233 g/mol. The Labute approximate surface area is 103 Å². The van der Waals surface area contributed by atoms with Gasteiger partial charge in [0.15, 0.2) is 0 Å². The number of allylic oxidation sites excluding steroid dienone is 8. The van der Waals surface area contributed by atoms with Gasteiger partial charge in [0.2, 0.25) is 0 Å². The van der Waals surface area contributed by atoms with Crippen LogP contribution in [0.3, 0.4) is 0 Å². The highest BCUT2D eigenvalue weighted by atomic mass is 19.1. The maximum absolute atomic E-state index is 13.6. The molecular weight excluding hydrogens is 213 g/mol. The van der Waals surface area contributed by atoms with Gasteiger partial charge in [-0.15, -0.1) is 0 Å². The van der Waals surface area contributed by atoms with Crippen molar-refractivity contribution in [3.8, 4) is 0 Å². The summed E-state index contributed by atoms with van der Waals surface area (Å²) in [6.45, 7) is 13.5. The lowest BCUT2D eigenvalue weighted by molar-refractivity contribution is 0.635. The van der Waals surface area contributed by atoms with Crippen LogP contribution in [0.4, 0.5) is 4.39 Å². The van der Waals surface area contributed by atoms with Crippen molar-refractivity contribution < 1.29 is 4.39 Å². The van der Waals surface area contributed by atoms with E-state index in [1.807, 2.05) is 6.92 Å². The Kier molecular flexibility index (Phi) is 4.11. The minimum Gasteiger partial charge on any atom is -0.400 e. The average Bonchev–Trinajstić information content (AvgIpc) is 2.22. The topological polar surface area (TPSA) is 26.0 Å². The van der Waals surface area contributed by atoms with Gasteiger partial charge in [-0.3, -0.25) is 0 Å². The van der Waals surface area contributed by atoms with E-state index in [1.165, 1.54) is 6.08 Å². The van der Waals surface area contributed by atoms with Gasteiger partial charge >= 0.3 is 0 Å². The minimum absolute atomic E-state index is 0.198. The Morgan fingerprint density at radius 3 is 2.59 bits per heavy atom. The maximum Gasteiger partial charge on any atom is 0.141 e. The lowest BCUT2D eigenvalue weighted by atomic mass is 9.80. The van der Waals surface area contributed by atoms with Crippen molar-refractivity contribution in [3.05, 3.63) is 59.1 Å². The normalized spacial score (nSPS) is 24.5. The Hall–Kier alpha value is -1.57. The first-order valence-electron chi connectivity index (χ1n) is 5.73. The van der Waals surface area contributed by atoms with E-state index in [0.29, 0.717) is 0 Å². The van der Waals surface area contributed by atoms with Crippen LogP contribution in [0.1, 0.15) is 27.2 Å². The Bertz CT molecular complexity index is 446. The summed E-state index contributed by atoms with van der Waals surface area (Å²) in [5.74, 6) is -0.119. The first-order chi connectivity index (χ1) is 7.84. The quantitative estimate of drug-likeness (QED) is 0.761. The van der Waals surface area contributed by atoms with E-state index in [1.54, 1.807) is 6.92 Å². The molecule has 0 saturated carbocycles. The lowest BCUT2D eigenvalue weighted by Gasteiger charge is -2.25. The first kappa shape index (κ1) is 13.5. The molecule has 0 aliphatic heterocycles. The summed E-state index contributed by atoms with van der Waals surface area (Å²) < 4.78 is 13.6. The van der Waals surface area contributed by atoms with Gasteiger partial charge in [-0.25, -0.2) is 4.39 Å². The van der Waals surface area contributed by atoms with Crippen LogP contribution in [-0.2, 0) is 0 Å². The molecule has 0 amide bonds. The molecule has 2 heteroatoms. The van der Waals surface area contributed by atoms with Crippen LogP contribution in [0.2, 0.25) is 0 Å². The van der Waals surface area contributed by atoms with Crippen LogP contribution in [-0.4, -0.2) is 0 Å². The molecule has 1 rings (SSSR count). The maximum atomic E-state index is 13.6. The second kappa shape index (κ2) is 5.17. The molecule has 0 aromatic rings. The number of hydrogen-bond donors (Lipinski definition) is 1. The molecule has 2 N–H and O–H groups in total. The van der Waals surface area contributed by atoms with Gasteiger partial charge in [0.1, 0.15) is 5.83 Å². The Balaban J connectivity index is 3.18. The van der Waals surface area contributed by atoms with Crippen LogP contribution in [0, 0.1) is 5.92 Å². The van der Waals surface area contributed by atoms with Crippen molar-refractivity contribution in [1.29, 1.82) is 0 Å². The molecule has 0 aromatic heterocycles. The number of nitrogens with two attached hydrogens (primary N) is 1. The smallest absolute Gasteiger partial charge is 0.141 e. The van der Waals surface area contributed by atoms with Crippen LogP contribution in [0.5, 0.6) is 0 Å². The highest BCUT2D eigenvalue weighted by Gasteiger charge is 2.20. The number of halogens is 1. The van der Waals surface area contributed by atoms with E-state index >= 15 is 0 Å². The fourth-order valence-corrected chi connectivity index (χ4v) is 1.91. The van der Waals surface area contributed by atoms with Crippen molar-refractivity contribution in [3.63, 3.8) is 0 Å². The third-order valence-electron chi connectivity index (χ3n) is 3.00. The monoisotopic (exact) mass is 233 g/mol. The van der Waals surface area contributed by atoms with Gasteiger partial charge < -0.3 is 5.73 Å². The van der Waals surface area contributed by atoms with Gasteiger partial charge in [0, 0.05) is 5.70 Å². The molecule has 1 aliphatic rings. The predicted molar refractivity (Wildman–Crippen MR) is 71.9 cm³/mol. The SMILES string of the molecule is C=C(C)C1=CCC(C)/C(=C\C(F)=C(\C)N)C1=C. The molecule has 17 heavy (non-hydrogen) atoms. The standard InChI is InChI=1S/C15H20FN/c1-9(2)13-7-6-10(3)14(11(13)4)8-15(16)12(5)17/h7-8,10H,1,4,6,17H2,2-3,5H3/b14-8+,15-12+. The van der Waals surface area contributed by atoms with Crippen LogP contribution in [0.25, 0.3) is 0 Å². The zero-order chi connectivity index (χ0) is 13.2. The molecular formula is C15H20FN. The molecule has 0 bridgehead atoms. The highest BCUT2D eigenvalue weighted by molar-refractivity contribution is 5.57. The largest absolute Gasteiger partial charge is 0.400 e. The van der Waals surface area contributed by atoms with Gasteiger partial charge in [0.05, 0.1) is 0 Å². The lowest BCUT2D eigenvalue weighted by Crippen LogP contribution is -2.10. The summed E-state index contributed by atoms with van der Waals surface area (Å²) in [5.41, 5.74) is 9.38. The van der Waals surface area contributed by atoms with Crippen molar-refractivity contribution in [2.75, 3.05) is 0 Å².